The molecule has 2 heterocycles. The first-order valence-electron chi connectivity index (χ1n) is 4.97. The van der Waals surface area contributed by atoms with Crippen LogP contribution in [0.5, 0.6) is 0 Å². The molecule has 2 rings (SSSR count). The molecule has 0 saturated carbocycles. The molecule has 0 amide bonds. The summed E-state index contributed by atoms with van der Waals surface area (Å²) in [7, 11) is 0. The van der Waals surface area contributed by atoms with Crippen LogP contribution in [0.15, 0.2) is 23.5 Å². The number of rotatable bonds is 3. The molecule has 5 nitrogen and oxygen atoms in total. The number of nitrogens with one attached hydrogen (secondary N) is 1. The number of hydrogen-bond acceptors (Lipinski definition) is 3. The molecule has 0 aliphatic carbocycles. The predicted molar refractivity (Wildman–Crippen MR) is 69.1 cm³/mol. The van der Waals surface area contributed by atoms with Gasteiger partial charge in [0.1, 0.15) is 5.69 Å². The molecule has 2 aromatic rings. The molecule has 0 aromatic carbocycles. The molecule has 0 unspecified atom stereocenters. The van der Waals surface area contributed by atoms with E-state index in [1.807, 2.05) is 27.2 Å². The quantitative estimate of drug-likeness (QED) is 0.871. The van der Waals surface area contributed by atoms with E-state index in [0.717, 1.165) is 18.7 Å². The van der Waals surface area contributed by atoms with Crippen LogP contribution in [0.1, 0.15) is 13.3 Å². The molecule has 16 heavy (non-hydrogen) atoms. The van der Waals surface area contributed by atoms with Gasteiger partial charge in [-0.2, -0.15) is 0 Å². The first kappa shape index (κ1) is 11.3. The van der Waals surface area contributed by atoms with Crippen LogP contribution in [0.25, 0.3) is 11.5 Å². The van der Waals surface area contributed by atoms with Crippen molar-refractivity contribution >= 4 is 22.6 Å². The number of aromatic nitrogens is 4. The lowest BCUT2D eigenvalue weighted by Gasteiger charge is -2.05. The van der Waals surface area contributed by atoms with E-state index in [2.05, 4.69) is 21.9 Å². The Morgan fingerprint density at radius 1 is 1.50 bits per heavy atom. The monoisotopic (exact) mass is 330 g/mol. The van der Waals surface area contributed by atoms with Crippen molar-refractivity contribution in [2.45, 2.75) is 19.9 Å². The number of nitrogens with zero attached hydrogens (tertiary/aromatic N) is 3. The summed E-state index contributed by atoms with van der Waals surface area (Å²) in [4.78, 5) is 22.5. The first-order valence-corrected chi connectivity index (χ1v) is 6.05. The fourth-order valence-corrected chi connectivity index (χ4v) is 1.72. The van der Waals surface area contributed by atoms with Crippen molar-refractivity contribution in [2.24, 2.45) is 0 Å². The summed E-state index contributed by atoms with van der Waals surface area (Å²) < 4.78 is 2.56. The second-order valence-corrected chi connectivity index (χ2v) is 4.54. The van der Waals surface area contributed by atoms with E-state index >= 15 is 0 Å². The van der Waals surface area contributed by atoms with Crippen LogP contribution >= 0.6 is 22.6 Å². The van der Waals surface area contributed by atoms with Gasteiger partial charge in [-0.05, 0) is 29.0 Å². The van der Waals surface area contributed by atoms with E-state index < -0.39 is 0 Å². The molecule has 2 aromatic heterocycles. The number of aryl methyl sites for hydroxylation is 1. The largest absolute Gasteiger partial charge is 0.328 e. The lowest BCUT2D eigenvalue weighted by Crippen LogP contribution is -2.12. The summed E-state index contributed by atoms with van der Waals surface area (Å²) in [5, 5.41) is 0. The Morgan fingerprint density at radius 2 is 2.31 bits per heavy atom. The van der Waals surface area contributed by atoms with E-state index in [0.29, 0.717) is 9.39 Å². The van der Waals surface area contributed by atoms with Gasteiger partial charge in [-0.15, -0.1) is 0 Å². The van der Waals surface area contributed by atoms with E-state index in [1.165, 1.54) is 0 Å². The maximum atomic E-state index is 11.5. The van der Waals surface area contributed by atoms with E-state index in [-0.39, 0.29) is 5.56 Å². The molecule has 1 N–H and O–H groups in total. The lowest BCUT2D eigenvalue weighted by atomic mass is 10.4. The second kappa shape index (κ2) is 4.77. The number of hydrogen-bond donors (Lipinski definition) is 1. The molecular weight excluding hydrogens is 319 g/mol. The zero-order valence-electron chi connectivity index (χ0n) is 8.77. The second-order valence-electron chi connectivity index (χ2n) is 3.38. The summed E-state index contributed by atoms with van der Waals surface area (Å²) in [6, 6.07) is 0. The summed E-state index contributed by atoms with van der Waals surface area (Å²) in [5.74, 6) is 0.566. The maximum Gasteiger partial charge on any atom is 0.264 e. The van der Waals surface area contributed by atoms with Crippen molar-refractivity contribution in [3.05, 3.63) is 32.6 Å². The highest BCUT2D eigenvalue weighted by Crippen LogP contribution is 2.13. The van der Waals surface area contributed by atoms with E-state index in [1.54, 1.807) is 18.7 Å². The van der Waals surface area contributed by atoms with Crippen molar-refractivity contribution in [3.8, 4) is 11.5 Å². The minimum atomic E-state index is -0.116. The number of H-pyrrole nitrogens is 1. The number of halogens is 1. The van der Waals surface area contributed by atoms with Crippen molar-refractivity contribution < 1.29 is 0 Å². The van der Waals surface area contributed by atoms with Gasteiger partial charge in [-0.25, -0.2) is 9.97 Å². The van der Waals surface area contributed by atoms with Gasteiger partial charge in [0, 0.05) is 12.7 Å². The van der Waals surface area contributed by atoms with Gasteiger partial charge in [-0.3, -0.25) is 4.79 Å². The Bertz CT molecular complexity index is 546. The average molecular weight is 330 g/mol. The van der Waals surface area contributed by atoms with Gasteiger partial charge < -0.3 is 9.55 Å². The molecule has 0 fully saturated rings. The zero-order valence-corrected chi connectivity index (χ0v) is 10.9. The fraction of sp³-hybridized carbons (Fsp3) is 0.300. The Balaban J connectivity index is 2.46. The smallest absolute Gasteiger partial charge is 0.264 e. The van der Waals surface area contributed by atoms with Gasteiger partial charge in [0.2, 0.25) is 0 Å². The van der Waals surface area contributed by atoms with E-state index in [4.69, 9.17) is 0 Å². The van der Waals surface area contributed by atoms with Crippen LogP contribution in [0.2, 0.25) is 0 Å². The third-order valence-corrected chi connectivity index (χ3v) is 2.94. The summed E-state index contributed by atoms with van der Waals surface area (Å²) in [6.07, 6.45) is 6.04. The molecule has 0 radical (unpaired) electrons. The molecule has 0 spiro atoms. The Morgan fingerprint density at radius 3 is 3.00 bits per heavy atom. The first-order chi connectivity index (χ1) is 7.72. The summed E-state index contributed by atoms with van der Waals surface area (Å²) in [5.41, 5.74) is 0.727. The van der Waals surface area contributed by atoms with Crippen LogP contribution in [-0.2, 0) is 6.54 Å². The van der Waals surface area contributed by atoms with Crippen LogP contribution in [0.3, 0.4) is 0 Å². The number of imidazole rings is 1. The topological polar surface area (TPSA) is 63.6 Å². The highest BCUT2D eigenvalue weighted by molar-refractivity contribution is 14.1. The van der Waals surface area contributed by atoms with Crippen molar-refractivity contribution in [1.29, 1.82) is 0 Å². The minimum Gasteiger partial charge on any atom is -0.328 e. The van der Waals surface area contributed by atoms with Crippen LogP contribution in [0.4, 0.5) is 0 Å². The summed E-state index contributed by atoms with van der Waals surface area (Å²) in [6.45, 7) is 2.96. The fourth-order valence-electron chi connectivity index (χ4n) is 1.45. The molecule has 0 bridgehead atoms. The Kier molecular flexibility index (Phi) is 3.37. The van der Waals surface area contributed by atoms with Gasteiger partial charge in [0.25, 0.3) is 5.56 Å². The zero-order chi connectivity index (χ0) is 11.5. The Hall–Kier alpha value is -1.18. The Labute approximate surface area is 106 Å². The van der Waals surface area contributed by atoms with Crippen molar-refractivity contribution in [3.63, 3.8) is 0 Å². The van der Waals surface area contributed by atoms with E-state index in [9.17, 15) is 4.79 Å². The minimum absolute atomic E-state index is 0.116. The van der Waals surface area contributed by atoms with Gasteiger partial charge >= 0.3 is 0 Å². The van der Waals surface area contributed by atoms with Crippen LogP contribution < -0.4 is 5.56 Å². The molecule has 84 valence electrons. The normalized spacial score (nSPS) is 10.6. The van der Waals surface area contributed by atoms with Crippen molar-refractivity contribution in [2.75, 3.05) is 0 Å². The van der Waals surface area contributed by atoms with Crippen LogP contribution in [-0.4, -0.2) is 19.5 Å². The maximum absolute atomic E-state index is 11.5. The molecule has 0 atom stereocenters. The third-order valence-electron chi connectivity index (χ3n) is 2.18. The molecule has 0 saturated heterocycles. The van der Waals surface area contributed by atoms with Gasteiger partial charge in [0.05, 0.1) is 16.1 Å². The third kappa shape index (κ3) is 2.16. The predicted octanol–water partition coefficient (Wildman–Crippen LogP) is 1.65. The van der Waals surface area contributed by atoms with Gasteiger partial charge in [-0.1, -0.05) is 6.92 Å². The highest BCUT2D eigenvalue weighted by Gasteiger charge is 2.07. The SMILES string of the molecule is CCCn1cncc1-c1ncc(I)c(=O)[nH]1. The summed E-state index contributed by atoms with van der Waals surface area (Å²) >= 11 is 1.96. The van der Waals surface area contributed by atoms with Crippen LogP contribution in [0, 0.1) is 3.57 Å². The lowest BCUT2D eigenvalue weighted by molar-refractivity contribution is 0.681. The van der Waals surface area contributed by atoms with Gasteiger partial charge in [0.15, 0.2) is 5.82 Å². The van der Waals surface area contributed by atoms with Crippen molar-refractivity contribution in [1.82, 2.24) is 19.5 Å². The highest BCUT2D eigenvalue weighted by atomic mass is 127. The molecule has 6 heteroatoms. The molecule has 0 aliphatic rings. The number of aromatic amines is 1. The molecular formula is C10H11IN4O. The molecule has 0 aliphatic heterocycles. The standard InChI is InChI=1S/C10H11IN4O/c1-2-3-15-6-12-5-8(15)9-13-4-7(11)10(16)14-9/h4-6H,2-3H2,1H3,(H,13,14,16). The average Bonchev–Trinajstić information content (AvgIpc) is 2.71.